The molecule has 1 aliphatic rings. The van der Waals surface area contributed by atoms with Gasteiger partial charge in [-0.1, -0.05) is 0 Å². The number of likely N-dealkylation sites (N-methyl/N-ethyl adjacent to an activating group) is 1. The Morgan fingerprint density at radius 1 is 1.29 bits per heavy atom. The minimum Gasteiger partial charge on any atom is -0.308 e. The second-order valence-corrected chi connectivity index (χ2v) is 5.20. The van der Waals surface area contributed by atoms with E-state index in [1.807, 2.05) is 11.4 Å². The van der Waals surface area contributed by atoms with Crippen LogP contribution in [0.15, 0.2) is 11.4 Å². The van der Waals surface area contributed by atoms with Crippen molar-refractivity contribution in [2.24, 2.45) is 5.84 Å². The maximum absolute atomic E-state index is 11.8. The van der Waals surface area contributed by atoms with Crippen molar-refractivity contribution in [3.05, 3.63) is 17.3 Å². The normalized spacial score (nSPS) is 15.4. The first-order valence-electron chi connectivity index (χ1n) is 5.87. The molecular weight excluding hydrogens is 296 g/mol. The van der Waals surface area contributed by atoms with Crippen LogP contribution in [0.25, 0.3) is 10.2 Å². The van der Waals surface area contributed by atoms with Crippen LogP contribution in [0, 0.1) is 0 Å². The summed E-state index contributed by atoms with van der Waals surface area (Å²) in [5.41, 5.74) is 2.45. The Morgan fingerprint density at radius 3 is 2.67 bits per heavy atom. The number of nitrogens with two attached hydrogens (primary N) is 1. The van der Waals surface area contributed by atoms with Crippen molar-refractivity contribution in [2.75, 3.05) is 12.5 Å². The Kier molecular flexibility index (Phi) is 3.03. The molecule has 0 spiro atoms. The molecule has 0 saturated carbocycles. The number of amides is 4. The molecule has 3 rings (SSSR count). The molecule has 1 aliphatic heterocycles. The molecule has 0 radical (unpaired) electrons. The third kappa shape index (κ3) is 2.00. The number of hydrazine groups is 1. The van der Waals surface area contributed by atoms with Gasteiger partial charge in [-0.25, -0.2) is 25.5 Å². The van der Waals surface area contributed by atoms with Crippen molar-refractivity contribution in [2.45, 2.75) is 6.54 Å². The van der Waals surface area contributed by atoms with Gasteiger partial charge in [-0.3, -0.25) is 14.5 Å². The number of fused-ring (bicyclic) bond motifs is 1. The van der Waals surface area contributed by atoms with E-state index in [-0.39, 0.29) is 12.4 Å². The van der Waals surface area contributed by atoms with E-state index in [0.29, 0.717) is 10.6 Å². The van der Waals surface area contributed by atoms with Gasteiger partial charge in [0.15, 0.2) is 11.6 Å². The molecular formula is C11H10N6O3S. The van der Waals surface area contributed by atoms with E-state index in [1.165, 1.54) is 18.4 Å². The van der Waals surface area contributed by atoms with Crippen molar-refractivity contribution < 1.29 is 14.4 Å². The summed E-state index contributed by atoms with van der Waals surface area (Å²) in [5.74, 6) is 4.27. The van der Waals surface area contributed by atoms with Crippen LogP contribution in [0.4, 0.5) is 10.6 Å². The summed E-state index contributed by atoms with van der Waals surface area (Å²) in [5, 5.41) is 2.58. The standard InChI is InChI=1S/C11H10N6O3S/c1-16-9(18)10(19)17(11(16)20)4-6-13-7(15-12)5-2-3-21-8(5)14-6/h2-3H,4,12H2,1H3,(H,13,14,15). The monoisotopic (exact) mass is 306 g/mol. The molecule has 1 fully saturated rings. The quantitative estimate of drug-likeness (QED) is 0.351. The van der Waals surface area contributed by atoms with Gasteiger partial charge in [-0.05, 0) is 11.4 Å². The van der Waals surface area contributed by atoms with Crippen LogP contribution in [0.3, 0.4) is 0 Å². The lowest BCUT2D eigenvalue weighted by Gasteiger charge is -2.12. The van der Waals surface area contributed by atoms with Gasteiger partial charge in [0, 0.05) is 7.05 Å². The van der Waals surface area contributed by atoms with Crippen LogP contribution in [0.1, 0.15) is 5.82 Å². The summed E-state index contributed by atoms with van der Waals surface area (Å²) in [6.45, 7) is -0.184. The fourth-order valence-electron chi connectivity index (χ4n) is 1.97. The highest BCUT2D eigenvalue weighted by Gasteiger charge is 2.42. The van der Waals surface area contributed by atoms with Gasteiger partial charge in [0.05, 0.1) is 11.9 Å². The molecule has 3 N–H and O–H groups in total. The zero-order valence-electron chi connectivity index (χ0n) is 10.9. The van der Waals surface area contributed by atoms with Crippen molar-refractivity contribution >= 4 is 45.2 Å². The molecule has 1 saturated heterocycles. The lowest BCUT2D eigenvalue weighted by Crippen LogP contribution is -2.31. The molecule has 0 atom stereocenters. The van der Waals surface area contributed by atoms with Gasteiger partial charge >= 0.3 is 17.8 Å². The summed E-state index contributed by atoms with van der Waals surface area (Å²) in [6, 6.07) is 1.12. The number of rotatable bonds is 3. The third-order valence-electron chi connectivity index (χ3n) is 3.06. The number of carbonyl (C=O) groups is 3. The minimum absolute atomic E-state index is 0.184. The highest BCUT2D eigenvalue weighted by molar-refractivity contribution is 7.16. The van der Waals surface area contributed by atoms with Gasteiger partial charge in [0.2, 0.25) is 0 Å². The number of aromatic nitrogens is 2. The molecule has 2 aromatic heterocycles. The number of nitrogens with zero attached hydrogens (tertiary/aromatic N) is 4. The number of carbonyl (C=O) groups excluding carboxylic acids is 3. The Balaban J connectivity index is 1.97. The van der Waals surface area contributed by atoms with E-state index in [1.54, 1.807) is 0 Å². The van der Waals surface area contributed by atoms with Crippen LogP contribution in [-0.2, 0) is 16.1 Å². The van der Waals surface area contributed by atoms with Crippen LogP contribution in [-0.4, -0.2) is 44.7 Å². The van der Waals surface area contributed by atoms with Crippen molar-refractivity contribution in [1.29, 1.82) is 0 Å². The molecule has 0 aliphatic carbocycles. The fraction of sp³-hybridized carbons (Fsp3) is 0.182. The summed E-state index contributed by atoms with van der Waals surface area (Å²) in [6.07, 6.45) is 0. The topological polar surface area (TPSA) is 122 Å². The highest BCUT2D eigenvalue weighted by Crippen LogP contribution is 2.25. The van der Waals surface area contributed by atoms with E-state index in [9.17, 15) is 14.4 Å². The maximum atomic E-state index is 11.8. The average Bonchev–Trinajstić information content (AvgIpc) is 3.02. The molecule has 108 valence electrons. The molecule has 0 unspecified atom stereocenters. The number of anilines is 1. The average molecular weight is 306 g/mol. The Bertz CT molecular complexity index is 772. The number of urea groups is 1. The molecule has 2 aromatic rings. The molecule has 3 heterocycles. The van der Waals surface area contributed by atoms with E-state index in [2.05, 4.69) is 15.4 Å². The number of hydrogen-bond acceptors (Lipinski definition) is 8. The summed E-state index contributed by atoms with van der Waals surface area (Å²) in [4.78, 5) is 45.6. The third-order valence-corrected chi connectivity index (χ3v) is 3.86. The second-order valence-electron chi connectivity index (χ2n) is 4.31. The fourth-order valence-corrected chi connectivity index (χ4v) is 2.76. The summed E-state index contributed by atoms with van der Waals surface area (Å²) >= 11 is 1.38. The number of hydrogen-bond donors (Lipinski definition) is 2. The lowest BCUT2D eigenvalue weighted by atomic mass is 10.3. The van der Waals surface area contributed by atoms with E-state index >= 15 is 0 Å². The van der Waals surface area contributed by atoms with Gasteiger partial charge in [0.1, 0.15) is 4.83 Å². The molecule has 0 aromatic carbocycles. The van der Waals surface area contributed by atoms with Crippen LogP contribution in [0.2, 0.25) is 0 Å². The smallest absolute Gasteiger partial charge is 0.308 e. The second kappa shape index (κ2) is 4.75. The number of nitrogens with one attached hydrogen (secondary N) is 1. The first-order valence-corrected chi connectivity index (χ1v) is 6.75. The highest BCUT2D eigenvalue weighted by atomic mass is 32.1. The predicted molar refractivity (Wildman–Crippen MR) is 73.9 cm³/mol. The largest absolute Gasteiger partial charge is 0.334 e. The zero-order valence-corrected chi connectivity index (χ0v) is 11.7. The van der Waals surface area contributed by atoms with Crippen LogP contribution in [0.5, 0.6) is 0 Å². The van der Waals surface area contributed by atoms with Crippen LogP contribution < -0.4 is 11.3 Å². The number of thiophene rings is 1. The van der Waals surface area contributed by atoms with E-state index < -0.39 is 17.8 Å². The van der Waals surface area contributed by atoms with E-state index in [0.717, 1.165) is 15.2 Å². The van der Waals surface area contributed by atoms with Gasteiger partial charge in [-0.2, -0.15) is 0 Å². The first-order chi connectivity index (χ1) is 10.0. The Morgan fingerprint density at radius 2 is 2.05 bits per heavy atom. The lowest BCUT2D eigenvalue weighted by molar-refractivity contribution is -0.143. The Labute approximate surface area is 122 Å². The first kappa shape index (κ1) is 13.4. The number of nitrogen functional groups attached to an aromatic ring is 1. The maximum Gasteiger partial charge on any atom is 0.334 e. The summed E-state index contributed by atoms with van der Waals surface area (Å²) < 4.78 is 0. The summed E-state index contributed by atoms with van der Waals surface area (Å²) in [7, 11) is 1.25. The van der Waals surface area contributed by atoms with Crippen molar-refractivity contribution in [1.82, 2.24) is 19.8 Å². The van der Waals surface area contributed by atoms with Crippen molar-refractivity contribution in [3.63, 3.8) is 0 Å². The molecule has 21 heavy (non-hydrogen) atoms. The predicted octanol–water partition coefficient (Wildman–Crippen LogP) is -0.103. The molecule has 4 amide bonds. The molecule has 9 nitrogen and oxygen atoms in total. The molecule has 0 bridgehead atoms. The molecule has 10 heteroatoms. The van der Waals surface area contributed by atoms with E-state index in [4.69, 9.17) is 5.84 Å². The SMILES string of the molecule is CN1C(=O)C(=O)N(Cc2nc(NN)c3ccsc3n2)C1=O. The van der Waals surface area contributed by atoms with Crippen LogP contribution >= 0.6 is 11.3 Å². The Hall–Kier alpha value is -2.59. The number of imide groups is 2. The van der Waals surface area contributed by atoms with Gasteiger partial charge < -0.3 is 5.43 Å². The van der Waals surface area contributed by atoms with Gasteiger partial charge in [0.25, 0.3) is 0 Å². The minimum atomic E-state index is -0.889. The zero-order chi connectivity index (χ0) is 15.1. The van der Waals surface area contributed by atoms with Gasteiger partial charge in [-0.15, -0.1) is 11.3 Å². The van der Waals surface area contributed by atoms with Crippen molar-refractivity contribution in [3.8, 4) is 0 Å².